The van der Waals surface area contributed by atoms with Gasteiger partial charge in [-0.25, -0.2) is 4.98 Å². The van der Waals surface area contributed by atoms with Crippen LogP contribution in [0.2, 0.25) is 0 Å². The molecule has 4 heteroatoms. The van der Waals surface area contributed by atoms with Gasteiger partial charge < -0.3 is 5.32 Å². The standard InChI is InChI=1S/C21H28N4/c1-5-8-9-17-14-23-25-20(17)24-19(18(7-3)21(25)22-4)16-12-10-15(6-2)11-13-16/h1,7,14-16,22H,3,6,8-13H2,2,4H3. The maximum absolute atomic E-state index is 5.44. The summed E-state index contributed by atoms with van der Waals surface area (Å²) >= 11 is 0. The molecule has 0 atom stereocenters. The highest BCUT2D eigenvalue weighted by Crippen LogP contribution is 2.39. The van der Waals surface area contributed by atoms with E-state index in [0.29, 0.717) is 12.3 Å². The predicted octanol–water partition coefficient (Wildman–Crippen LogP) is 4.66. The number of terminal acetylenes is 1. The largest absolute Gasteiger partial charge is 0.372 e. The highest BCUT2D eigenvalue weighted by atomic mass is 15.3. The SMILES string of the molecule is C#CCCc1cnn2c(NC)c(C=C)c(C3CCC(CC)CC3)nc12. The average molecular weight is 336 g/mol. The first kappa shape index (κ1) is 17.5. The van der Waals surface area contributed by atoms with Gasteiger partial charge in [-0.3, -0.25) is 0 Å². The van der Waals surface area contributed by atoms with Crippen LogP contribution in [0.4, 0.5) is 5.82 Å². The molecule has 0 bridgehead atoms. The summed E-state index contributed by atoms with van der Waals surface area (Å²) in [6.07, 6.45) is 17.1. The Kier molecular flexibility index (Phi) is 5.43. The van der Waals surface area contributed by atoms with E-state index in [1.165, 1.54) is 37.8 Å². The Morgan fingerprint density at radius 3 is 2.76 bits per heavy atom. The van der Waals surface area contributed by atoms with Gasteiger partial charge in [-0.1, -0.05) is 26.0 Å². The van der Waals surface area contributed by atoms with Crippen molar-refractivity contribution in [1.29, 1.82) is 0 Å². The van der Waals surface area contributed by atoms with Crippen molar-refractivity contribution in [2.24, 2.45) is 5.92 Å². The van der Waals surface area contributed by atoms with Gasteiger partial charge in [-0.2, -0.15) is 9.61 Å². The Hall–Kier alpha value is -2.28. The maximum Gasteiger partial charge on any atom is 0.160 e. The fourth-order valence-electron chi connectivity index (χ4n) is 4.05. The van der Waals surface area contributed by atoms with Crippen LogP contribution in [0.25, 0.3) is 11.7 Å². The Morgan fingerprint density at radius 1 is 1.40 bits per heavy atom. The molecule has 25 heavy (non-hydrogen) atoms. The zero-order chi connectivity index (χ0) is 17.8. The normalized spacial score (nSPS) is 20.4. The van der Waals surface area contributed by atoms with E-state index in [1.54, 1.807) is 0 Å². The van der Waals surface area contributed by atoms with E-state index in [2.05, 4.69) is 29.8 Å². The van der Waals surface area contributed by atoms with Crippen LogP contribution in [-0.4, -0.2) is 21.6 Å². The van der Waals surface area contributed by atoms with Gasteiger partial charge in [0.15, 0.2) is 5.65 Å². The smallest absolute Gasteiger partial charge is 0.160 e. The summed E-state index contributed by atoms with van der Waals surface area (Å²) in [5.74, 6) is 5.06. The molecule has 1 fully saturated rings. The van der Waals surface area contributed by atoms with Gasteiger partial charge in [0.2, 0.25) is 0 Å². The number of nitrogens with one attached hydrogen (secondary N) is 1. The summed E-state index contributed by atoms with van der Waals surface area (Å²) in [6, 6.07) is 0. The van der Waals surface area contributed by atoms with E-state index in [1.807, 2.05) is 23.8 Å². The van der Waals surface area contributed by atoms with Crippen molar-refractivity contribution in [3.05, 3.63) is 29.6 Å². The Labute approximate surface area is 150 Å². The summed E-state index contributed by atoms with van der Waals surface area (Å²) in [5, 5.41) is 7.85. The molecular weight excluding hydrogens is 308 g/mol. The van der Waals surface area contributed by atoms with Crippen molar-refractivity contribution >= 4 is 17.5 Å². The van der Waals surface area contributed by atoms with Crippen LogP contribution in [0, 0.1) is 18.3 Å². The van der Waals surface area contributed by atoms with E-state index in [-0.39, 0.29) is 0 Å². The van der Waals surface area contributed by atoms with Gasteiger partial charge in [-0.15, -0.1) is 12.3 Å². The zero-order valence-electron chi connectivity index (χ0n) is 15.4. The first-order valence-electron chi connectivity index (χ1n) is 9.37. The Bertz CT molecular complexity index is 788. The fourth-order valence-corrected chi connectivity index (χ4v) is 4.05. The maximum atomic E-state index is 5.44. The number of hydrogen-bond donors (Lipinski definition) is 1. The van der Waals surface area contributed by atoms with Crippen molar-refractivity contribution in [3.8, 4) is 12.3 Å². The molecule has 0 aromatic carbocycles. The molecule has 0 aliphatic heterocycles. The lowest BCUT2D eigenvalue weighted by molar-refractivity contribution is 0.315. The molecule has 1 N–H and O–H groups in total. The topological polar surface area (TPSA) is 42.2 Å². The van der Waals surface area contributed by atoms with E-state index in [4.69, 9.17) is 11.4 Å². The predicted molar refractivity (Wildman–Crippen MR) is 105 cm³/mol. The van der Waals surface area contributed by atoms with Crippen molar-refractivity contribution in [2.75, 3.05) is 12.4 Å². The number of fused-ring (bicyclic) bond motifs is 1. The Balaban J connectivity index is 2.07. The van der Waals surface area contributed by atoms with Gasteiger partial charge in [-0.05, 0) is 38.0 Å². The monoisotopic (exact) mass is 336 g/mol. The molecule has 4 nitrogen and oxygen atoms in total. The van der Waals surface area contributed by atoms with Crippen LogP contribution >= 0.6 is 0 Å². The molecular formula is C21H28N4. The lowest BCUT2D eigenvalue weighted by Crippen LogP contribution is -2.17. The molecule has 0 amide bonds. The third-order valence-electron chi connectivity index (χ3n) is 5.58. The summed E-state index contributed by atoms with van der Waals surface area (Å²) in [7, 11) is 1.93. The second-order valence-corrected chi connectivity index (χ2v) is 6.95. The second kappa shape index (κ2) is 7.74. The molecule has 1 aliphatic carbocycles. The molecule has 0 radical (unpaired) electrons. The van der Waals surface area contributed by atoms with Crippen LogP contribution in [0.3, 0.4) is 0 Å². The summed E-state index contributed by atoms with van der Waals surface area (Å²) in [6.45, 7) is 6.34. The highest BCUT2D eigenvalue weighted by Gasteiger charge is 2.26. The highest BCUT2D eigenvalue weighted by molar-refractivity contribution is 5.69. The van der Waals surface area contributed by atoms with E-state index >= 15 is 0 Å². The lowest BCUT2D eigenvalue weighted by atomic mass is 9.78. The molecule has 0 unspecified atom stereocenters. The molecule has 1 aliphatic rings. The molecule has 132 valence electrons. The molecule has 0 saturated heterocycles. The number of hydrogen-bond acceptors (Lipinski definition) is 3. The third kappa shape index (κ3) is 3.28. The van der Waals surface area contributed by atoms with E-state index < -0.39 is 0 Å². The van der Waals surface area contributed by atoms with E-state index in [0.717, 1.165) is 34.9 Å². The van der Waals surface area contributed by atoms with Crippen molar-refractivity contribution in [1.82, 2.24) is 14.6 Å². The molecule has 1 saturated carbocycles. The van der Waals surface area contributed by atoms with Gasteiger partial charge in [0.05, 0.1) is 11.9 Å². The number of aryl methyl sites for hydroxylation is 1. The quantitative estimate of drug-likeness (QED) is 0.780. The third-order valence-corrected chi connectivity index (χ3v) is 5.58. The minimum atomic E-state index is 0.503. The average Bonchev–Trinajstić information content (AvgIpc) is 3.07. The Morgan fingerprint density at radius 2 is 2.16 bits per heavy atom. The minimum absolute atomic E-state index is 0.503. The van der Waals surface area contributed by atoms with E-state index in [9.17, 15) is 0 Å². The number of rotatable bonds is 6. The minimum Gasteiger partial charge on any atom is -0.372 e. The summed E-state index contributed by atoms with van der Waals surface area (Å²) in [4.78, 5) is 5.06. The van der Waals surface area contributed by atoms with Crippen LogP contribution in [0.15, 0.2) is 12.8 Å². The van der Waals surface area contributed by atoms with Gasteiger partial charge in [0.1, 0.15) is 5.82 Å². The number of aromatic nitrogens is 3. The fraction of sp³-hybridized carbons (Fsp3) is 0.524. The summed E-state index contributed by atoms with van der Waals surface area (Å²) in [5.41, 5.74) is 4.30. The lowest BCUT2D eigenvalue weighted by Gasteiger charge is -2.29. The molecule has 2 heterocycles. The number of anilines is 1. The molecule has 0 spiro atoms. The van der Waals surface area contributed by atoms with Crippen molar-refractivity contribution < 1.29 is 0 Å². The number of nitrogens with zero attached hydrogens (tertiary/aromatic N) is 3. The van der Waals surface area contributed by atoms with Gasteiger partial charge in [0.25, 0.3) is 0 Å². The first-order chi connectivity index (χ1) is 12.2. The van der Waals surface area contributed by atoms with Gasteiger partial charge in [0, 0.05) is 30.5 Å². The molecule has 2 aromatic rings. The van der Waals surface area contributed by atoms with Crippen LogP contribution in [0.5, 0.6) is 0 Å². The van der Waals surface area contributed by atoms with Crippen molar-refractivity contribution in [3.63, 3.8) is 0 Å². The van der Waals surface area contributed by atoms with Crippen LogP contribution in [0.1, 0.15) is 68.2 Å². The van der Waals surface area contributed by atoms with Crippen LogP contribution in [-0.2, 0) is 6.42 Å². The second-order valence-electron chi connectivity index (χ2n) is 6.95. The van der Waals surface area contributed by atoms with Crippen molar-refractivity contribution in [2.45, 2.75) is 57.8 Å². The molecule has 3 rings (SSSR count). The van der Waals surface area contributed by atoms with Crippen LogP contribution < -0.4 is 5.32 Å². The van der Waals surface area contributed by atoms with Gasteiger partial charge >= 0.3 is 0 Å². The molecule has 2 aromatic heterocycles. The first-order valence-corrected chi connectivity index (χ1v) is 9.37. The summed E-state index contributed by atoms with van der Waals surface area (Å²) < 4.78 is 1.89. The zero-order valence-corrected chi connectivity index (χ0v) is 15.4.